The van der Waals surface area contributed by atoms with E-state index in [9.17, 15) is 9.90 Å². The first-order valence-corrected chi connectivity index (χ1v) is 10.5. The summed E-state index contributed by atoms with van der Waals surface area (Å²) < 4.78 is 5.64. The van der Waals surface area contributed by atoms with Crippen LogP contribution in [0.1, 0.15) is 70.9 Å². The molecule has 0 aromatic heterocycles. The van der Waals surface area contributed by atoms with Crippen molar-refractivity contribution in [3.63, 3.8) is 0 Å². The molecule has 152 valence electrons. The Morgan fingerprint density at radius 2 is 1.39 bits per heavy atom. The second kappa shape index (κ2) is 9.47. The molecule has 1 fully saturated rings. The standard InChI is InChI=1S/C22H25ClO3.C2H6/c1-21(2,20(24)25)26-19-12-8-17(9-13-19)22(14-4-3-5-15-22)16-6-10-18(23)11-7-16;1-2/h6-13H,3-5,14-15H2,1-2H3,(H,24,25);1-2H3. The fourth-order valence-electron chi connectivity index (χ4n) is 3.85. The van der Waals surface area contributed by atoms with E-state index in [1.807, 2.05) is 38.1 Å². The second-order valence-electron chi connectivity index (χ2n) is 7.59. The van der Waals surface area contributed by atoms with Crippen LogP contribution in [0.3, 0.4) is 0 Å². The third kappa shape index (κ3) is 4.88. The number of carboxylic acid groups (broad SMARTS) is 1. The lowest BCUT2D eigenvalue weighted by molar-refractivity contribution is -0.152. The Morgan fingerprint density at radius 1 is 0.929 bits per heavy atom. The molecule has 0 heterocycles. The van der Waals surface area contributed by atoms with Crippen molar-refractivity contribution < 1.29 is 14.6 Å². The van der Waals surface area contributed by atoms with Crippen LogP contribution in [-0.2, 0) is 10.2 Å². The normalized spacial score (nSPS) is 15.9. The van der Waals surface area contributed by atoms with Crippen LogP contribution >= 0.6 is 11.6 Å². The summed E-state index contributed by atoms with van der Waals surface area (Å²) in [5.41, 5.74) is 1.28. The molecule has 0 bridgehead atoms. The van der Waals surface area contributed by atoms with E-state index in [2.05, 4.69) is 24.3 Å². The minimum absolute atomic E-state index is 0.0102. The minimum Gasteiger partial charge on any atom is -0.478 e. The van der Waals surface area contributed by atoms with Crippen molar-refractivity contribution in [2.24, 2.45) is 0 Å². The maximum Gasteiger partial charge on any atom is 0.347 e. The Hall–Kier alpha value is -2.00. The number of rotatable bonds is 5. The number of aliphatic carboxylic acids is 1. The van der Waals surface area contributed by atoms with Crippen LogP contribution in [-0.4, -0.2) is 16.7 Å². The predicted molar refractivity (Wildman–Crippen MR) is 115 cm³/mol. The Labute approximate surface area is 173 Å². The molecule has 1 aliphatic rings. The highest BCUT2D eigenvalue weighted by molar-refractivity contribution is 6.30. The number of hydrogen-bond donors (Lipinski definition) is 1. The average Bonchev–Trinajstić information content (AvgIpc) is 2.71. The number of ether oxygens (including phenoxy) is 1. The average molecular weight is 403 g/mol. The summed E-state index contributed by atoms with van der Waals surface area (Å²) in [6.45, 7) is 7.11. The first-order chi connectivity index (χ1) is 13.3. The molecule has 28 heavy (non-hydrogen) atoms. The second-order valence-corrected chi connectivity index (χ2v) is 8.03. The zero-order chi connectivity index (χ0) is 20.8. The van der Waals surface area contributed by atoms with Gasteiger partial charge in [0.05, 0.1) is 0 Å². The van der Waals surface area contributed by atoms with Crippen molar-refractivity contribution in [1.29, 1.82) is 0 Å². The monoisotopic (exact) mass is 402 g/mol. The van der Waals surface area contributed by atoms with Crippen LogP contribution in [0.4, 0.5) is 0 Å². The molecule has 2 aromatic carbocycles. The van der Waals surface area contributed by atoms with Crippen LogP contribution in [0.25, 0.3) is 0 Å². The van der Waals surface area contributed by atoms with Crippen molar-refractivity contribution in [3.8, 4) is 5.75 Å². The Bertz CT molecular complexity index is 757. The van der Waals surface area contributed by atoms with Gasteiger partial charge in [0.1, 0.15) is 5.75 Å². The first-order valence-electron chi connectivity index (χ1n) is 10.1. The molecule has 3 nitrogen and oxygen atoms in total. The van der Waals surface area contributed by atoms with E-state index >= 15 is 0 Å². The van der Waals surface area contributed by atoms with Gasteiger partial charge in [-0.1, -0.05) is 69.0 Å². The van der Waals surface area contributed by atoms with Gasteiger partial charge in [0.2, 0.25) is 0 Å². The number of carboxylic acids is 1. The molecule has 2 aromatic rings. The summed E-state index contributed by atoms with van der Waals surface area (Å²) in [5.74, 6) is -0.408. The molecule has 1 aliphatic carbocycles. The van der Waals surface area contributed by atoms with Gasteiger partial charge in [-0.05, 0) is 62.1 Å². The van der Waals surface area contributed by atoms with Gasteiger partial charge in [-0.3, -0.25) is 0 Å². The minimum atomic E-state index is -1.25. The van der Waals surface area contributed by atoms with E-state index < -0.39 is 11.6 Å². The number of hydrogen-bond acceptors (Lipinski definition) is 2. The Kier molecular flexibility index (Phi) is 7.54. The highest BCUT2D eigenvalue weighted by Crippen LogP contribution is 2.45. The molecule has 0 saturated heterocycles. The fourth-order valence-corrected chi connectivity index (χ4v) is 3.97. The van der Waals surface area contributed by atoms with E-state index in [1.54, 1.807) is 13.8 Å². The lowest BCUT2D eigenvalue weighted by atomic mass is 9.65. The van der Waals surface area contributed by atoms with Gasteiger partial charge in [0.25, 0.3) is 0 Å². The van der Waals surface area contributed by atoms with E-state index in [-0.39, 0.29) is 5.41 Å². The van der Waals surface area contributed by atoms with E-state index in [0.29, 0.717) is 5.75 Å². The molecule has 0 atom stereocenters. The summed E-state index contributed by atoms with van der Waals surface area (Å²) in [6, 6.07) is 16.1. The van der Waals surface area contributed by atoms with Crippen LogP contribution in [0.2, 0.25) is 5.02 Å². The van der Waals surface area contributed by atoms with Crippen molar-refractivity contribution in [2.75, 3.05) is 0 Å². The predicted octanol–water partition coefficient (Wildman–Crippen LogP) is 6.86. The highest BCUT2D eigenvalue weighted by Gasteiger charge is 2.36. The SMILES string of the molecule is CC.CC(C)(Oc1ccc(C2(c3ccc(Cl)cc3)CCCCC2)cc1)C(=O)O. The lowest BCUT2D eigenvalue weighted by Crippen LogP contribution is -2.37. The fraction of sp³-hybridized carbons (Fsp3) is 0.458. The summed E-state index contributed by atoms with van der Waals surface area (Å²) in [4.78, 5) is 11.3. The molecule has 3 rings (SSSR count). The quantitative estimate of drug-likeness (QED) is 0.594. The zero-order valence-electron chi connectivity index (χ0n) is 17.3. The molecule has 1 saturated carbocycles. The smallest absolute Gasteiger partial charge is 0.347 e. The van der Waals surface area contributed by atoms with Crippen molar-refractivity contribution in [2.45, 2.75) is 70.8 Å². The van der Waals surface area contributed by atoms with Gasteiger partial charge < -0.3 is 9.84 Å². The van der Waals surface area contributed by atoms with Crippen LogP contribution < -0.4 is 4.74 Å². The lowest BCUT2D eigenvalue weighted by Gasteiger charge is -2.39. The maximum absolute atomic E-state index is 11.3. The van der Waals surface area contributed by atoms with Crippen molar-refractivity contribution in [1.82, 2.24) is 0 Å². The van der Waals surface area contributed by atoms with E-state index in [0.717, 1.165) is 17.9 Å². The maximum atomic E-state index is 11.3. The van der Waals surface area contributed by atoms with Gasteiger partial charge >= 0.3 is 5.97 Å². The molecule has 0 unspecified atom stereocenters. The van der Waals surface area contributed by atoms with Gasteiger partial charge in [0, 0.05) is 10.4 Å². The van der Waals surface area contributed by atoms with Gasteiger partial charge in [-0.2, -0.15) is 0 Å². The van der Waals surface area contributed by atoms with Crippen LogP contribution in [0.15, 0.2) is 48.5 Å². The van der Waals surface area contributed by atoms with E-state index in [4.69, 9.17) is 16.3 Å². The third-order valence-corrected chi connectivity index (χ3v) is 5.65. The van der Waals surface area contributed by atoms with Crippen LogP contribution in [0, 0.1) is 0 Å². The number of carbonyl (C=O) groups is 1. The highest BCUT2D eigenvalue weighted by atomic mass is 35.5. The summed E-state index contributed by atoms with van der Waals surface area (Å²) in [6.07, 6.45) is 5.88. The summed E-state index contributed by atoms with van der Waals surface area (Å²) in [5, 5.41) is 9.99. The summed E-state index contributed by atoms with van der Waals surface area (Å²) in [7, 11) is 0. The third-order valence-electron chi connectivity index (χ3n) is 5.40. The molecule has 4 heteroatoms. The molecule has 0 spiro atoms. The van der Waals surface area contributed by atoms with Gasteiger partial charge in [-0.15, -0.1) is 0 Å². The Balaban J connectivity index is 0.00000136. The summed E-state index contributed by atoms with van der Waals surface area (Å²) >= 11 is 6.09. The first kappa shape index (κ1) is 22.3. The molecule has 1 N–H and O–H groups in total. The number of halogens is 1. The molecular weight excluding hydrogens is 372 g/mol. The van der Waals surface area contributed by atoms with Crippen molar-refractivity contribution >= 4 is 17.6 Å². The molecule has 0 amide bonds. The topological polar surface area (TPSA) is 46.5 Å². The Morgan fingerprint density at radius 3 is 1.86 bits per heavy atom. The molecule has 0 radical (unpaired) electrons. The molecular formula is C24H31ClO3. The van der Waals surface area contributed by atoms with Gasteiger partial charge in [-0.25, -0.2) is 4.79 Å². The number of benzene rings is 2. The van der Waals surface area contributed by atoms with Crippen LogP contribution in [0.5, 0.6) is 5.75 Å². The largest absolute Gasteiger partial charge is 0.478 e. The van der Waals surface area contributed by atoms with Gasteiger partial charge in [0.15, 0.2) is 5.60 Å². The van der Waals surface area contributed by atoms with Crippen molar-refractivity contribution in [3.05, 3.63) is 64.7 Å². The van der Waals surface area contributed by atoms with E-state index in [1.165, 1.54) is 30.4 Å². The molecule has 0 aliphatic heterocycles. The zero-order valence-corrected chi connectivity index (χ0v) is 18.1.